The van der Waals surface area contributed by atoms with Gasteiger partial charge in [0.2, 0.25) is 0 Å². The minimum atomic E-state index is -0.884. The van der Waals surface area contributed by atoms with Gasteiger partial charge in [0.1, 0.15) is 6.10 Å². The molecule has 5 heteroatoms. The van der Waals surface area contributed by atoms with E-state index in [0.717, 1.165) is 37.4 Å². The third kappa shape index (κ3) is 1.64. The zero-order chi connectivity index (χ0) is 17.7. The fraction of sp³-hybridized carbons (Fsp3) is 0.714. The van der Waals surface area contributed by atoms with Crippen LogP contribution in [0.3, 0.4) is 0 Å². The van der Waals surface area contributed by atoms with Crippen molar-refractivity contribution in [3.05, 3.63) is 23.3 Å². The summed E-state index contributed by atoms with van der Waals surface area (Å²) >= 11 is 0. The molecule has 6 rings (SSSR count). The van der Waals surface area contributed by atoms with Gasteiger partial charge < -0.3 is 20.1 Å². The smallest absolute Gasteiger partial charge is 0.165 e. The molecule has 1 spiro atoms. The van der Waals surface area contributed by atoms with Crippen LogP contribution in [0.1, 0.15) is 49.7 Å². The highest BCUT2D eigenvalue weighted by Gasteiger charge is 2.72. The topological polar surface area (TPSA) is 73.2 Å². The van der Waals surface area contributed by atoms with Gasteiger partial charge in [-0.3, -0.25) is 4.90 Å². The summed E-state index contributed by atoms with van der Waals surface area (Å²) in [6.45, 7) is 2.02. The molecule has 1 aromatic rings. The summed E-state index contributed by atoms with van der Waals surface area (Å²) in [6.07, 6.45) is 5.68. The van der Waals surface area contributed by atoms with Crippen LogP contribution in [0.5, 0.6) is 11.5 Å². The maximum atomic E-state index is 12.1. The Labute approximate surface area is 153 Å². The molecule has 0 aromatic heterocycles. The van der Waals surface area contributed by atoms with E-state index in [1.54, 1.807) is 6.07 Å². The average molecular weight is 357 g/mol. The Morgan fingerprint density at radius 3 is 2.81 bits per heavy atom. The van der Waals surface area contributed by atoms with Crippen LogP contribution in [0.25, 0.3) is 0 Å². The summed E-state index contributed by atoms with van der Waals surface area (Å²) in [6, 6.07) is 3.80. The molecule has 0 radical (unpaired) electrons. The molecule has 5 aliphatic rings. The summed E-state index contributed by atoms with van der Waals surface area (Å²) in [7, 11) is 0. The van der Waals surface area contributed by atoms with Crippen LogP contribution >= 0.6 is 0 Å². The number of phenolic OH excluding ortho intramolecular Hbond substituents is 1. The maximum absolute atomic E-state index is 12.1. The second-order valence-electron chi connectivity index (χ2n) is 9.25. The van der Waals surface area contributed by atoms with E-state index < -0.39 is 23.2 Å². The van der Waals surface area contributed by atoms with E-state index in [4.69, 9.17) is 4.74 Å². The molecule has 26 heavy (non-hydrogen) atoms. The van der Waals surface area contributed by atoms with Crippen molar-refractivity contribution in [1.82, 2.24) is 4.90 Å². The highest BCUT2D eigenvalue weighted by atomic mass is 16.5. The lowest BCUT2D eigenvalue weighted by Crippen LogP contribution is -2.77. The van der Waals surface area contributed by atoms with E-state index >= 15 is 0 Å². The van der Waals surface area contributed by atoms with Gasteiger partial charge in [0.25, 0.3) is 0 Å². The third-order valence-corrected chi connectivity index (χ3v) is 8.26. The second kappa shape index (κ2) is 4.94. The summed E-state index contributed by atoms with van der Waals surface area (Å²) in [5.74, 6) is 1.42. The normalized spacial score (nSPS) is 43.5. The van der Waals surface area contributed by atoms with Crippen molar-refractivity contribution in [3.63, 3.8) is 0 Å². The number of ether oxygens (including phenoxy) is 1. The van der Waals surface area contributed by atoms with Gasteiger partial charge >= 0.3 is 0 Å². The number of aliphatic hydroxyl groups is 2. The molecule has 2 heterocycles. The first-order valence-corrected chi connectivity index (χ1v) is 10.2. The molecule has 5 atom stereocenters. The summed E-state index contributed by atoms with van der Waals surface area (Å²) in [4.78, 5) is 2.53. The van der Waals surface area contributed by atoms with Crippen LogP contribution in [-0.4, -0.2) is 57.2 Å². The van der Waals surface area contributed by atoms with Crippen molar-refractivity contribution >= 4 is 0 Å². The Balaban J connectivity index is 1.52. The van der Waals surface area contributed by atoms with E-state index in [9.17, 15) is 15.3 Å². The first kappa shape index (κ1) is 15.7. The lowest BCUT2D eigenvalue weighted by atomic mass is 9.48. The molecular weight excluding hydrogens is 330 g/mol. The average Bonchev–Trinajstić information content (AvgIpc) is 2.93. The molecule has 3 N–H and O–H groups in total. The number of nitrogens with zero attached hydrogens (tertiary/aromatic N) is 1. The van der Waals surface area contributed by atoms with Gasteiger partial charge in [-0.2, -0.15) is 0 Å². The van der Waals surface area contributed by atoms with Crippen molar-refractivity contribution < 1.29 is 20.1 Å². The molecule has 140 valence electrons. The second-order valence-corrected chi connectivity index (χ2v) is 9.25. The van der Waals surface area contributed by atoms with Gasteiger partial charge in [0.15, 0.2) is 11.5 Å². The van der Waals surface area contributed by atoms with E-state index in [1.807, 2.05) is 6.07 Å². The van der Waals surface area contributed by atoms with Crippen LogP contribution in [0.15, 0.2) is 12.1 Å². The van der Waals surface area contributed by atoms with E-state index in [2.05, 4.69) is 4.90 Å². The number of aromatic hydroxyl groups is 1. The quantitative estimate of drug-likeness (QED) is 0.751. The Morgan fingerprint density at radius 2 is 2.04 bits per heavy atom. The SMILES string of the molecule is Oc1ccc2c3c1OC1[C@@H](O)CCC4(O)[C@@H](C2)N(CC2CCC2)CC[C@]314. The summed E-state index contributed by atoms with van der Waals surface area (Å²) < 4.78 is 6.16. The number of likely N-dealkylation sites (tertiary alicyclic amines) is 1. The number of aliphatic hydroxyl groups excluding tert-OH is 1. The van der Waals surface area contributed by atoms with E-state index in [0.29, 0.717) is 18.6 Å². The van der Waals surface area contributed by atoms with Crippen molar-refractivity contribution in [2.45, 2.75) is 74.2 Å². The molecule has 2 saturated carbocycles. The van der Waals surface area contributed by atoms with Crippen molar-refractivity contribution in [3.8, 4) is 11.5 Å². The molecule has 3 aliphatic carbocycles. The molecule has 1 aromatic carbocycles. The highest BCUT2D eigenvalue weighted by Crippen LogP contribution is 2.65. The first-order chi connectivity index (χ1) is 12.5. The first-order valence-electron chi connectivity index (χ1n) is 10.2. The number of benzene rings is 1. The zero-order valence-corrected chi connectivity index (χ0v) is 15.0. The highest BCUT2D eigenvalue weighted by molar-refractivity contribution is 5.62. The molecule has 5 nitrogen and oxygen atoms in total. The van der Waals surface area contributed by atoms with Gasteiger partial charge in [-0.05, 0) is 62.6 Å². The summed E-state index contributed by atoms with van der Waals surface area (Å²) in [5, 5.41) is 33.2. The fourth-order valence-corrected chi connectivity index (χ4v) is 6.83. The van der Waals surface area contributed by atoms with Gasteiger partial charge in [-0.1, -0.05) is 12.5 Å². The van der Waals surface area contributed by atoms with Crippen LogP contribution in [0.2, 0.25) is 0 Å². The molecule has 2 aliphatic heterocycles. The van der Waals surface area contributed by atoms with Crippen LogP contribution in [-0.2, 0) is 11.8 Å². The number of phenols is 1. The Bertz CT molecular complexity index is 778. The maximum Gasteiger partial charge on any atom is 0.165 e. The number of piperidine rings is 1. The minimum Gasteiger partial charge on any atom is -0.504 e. The van der Waals surface area contributed by atoms with Crippen LogP contribution in [0, 0.1) is 5.92 Å². The Hall–Kier alpha value is -1.30. The predicted molar refractivity (Wildman–Crippen MR) is 95.4 cm³/mol. The molecule has 1 saturated heterocycles. The lowest BCUT2D eigenvalue weighted by molar-refractivity contribution is -0.209. The molecule has 0 amide bonds. The fourth-order valence-electron chi connectivity index (χ4n) is 6.83. The monoisotopic (exact) mass is 357 g/mol. The number of hydrogen-bond donors (Lipinski definition) is 3. The Morgan fingerprint density at radius 1 is 1.19 bits per heavy atom. The molecule has 2 bridgehead atoms. The molecule has 2 unspecified atom stereocenters. The van der Waals surface area contributed by atoms with Crippen molar-refractivity contribution in [1.29, 1.82) is 0 Å². The van der Waals surface area contributed by atoms with Gasteiger partial charge in [0, 0.05) is 18.2 Å². The zero-order valence-electron chi connectivity index (χ0n) is 15.0. The molecular formula is C21H27NO4. The van der Waals surface area contributed by atoms with Crippen LogP contribution < -0.4 is 4.74 Å². The lowest BCUT2D eigenvalue weighted by Gasteiger charge is -2.64. The standard InChI is InChI=1S/C21H27NO4/c23-14-5-4-13-10-16-21(25)7-6-15(24)19-20(21,17(13)18(14)26-19)8-9-22(16)11-12-2-1-3-12/h4-5,12,15-16,19,23-25H,1-3,6-11H2/t15-,16+,19?,20-,21?/m0/s1. The number of rotatable bonds is 2. The van der Waals surface area contributed by atoms with Crippen molar-refractivity contribution in [2.75, 3.05) is 13.1 Å². The van der Waals surface area contributed by atoms with E-state index in [1.165, 1.54) is 24.8 Å². The van der Waals surface area contributed by atoms with E-state index in [-0.39, 0.29) is 11.8 Å². The largest absolute Gasteiger partial charge is 0.504 e. The Kier molecular flexibility index (Phi) is 2.99. The third-order valence-electron chi connectivity index (χ3n) is 8.26. The van der Waals surface area contributed by atoms with Gasteiger partial charge in [-0.15, -0.1) is 0 Å². The number of hydrogen-bond acceptors (Lipinski definition) is 5. The van der Waals surface area contributed by atoms with Crippen LogP contribution in [0.4, 0.5) is 0 Å². The molecule has 3 fully saturated rings. The van der Waals surface area contributed by atoms with Gasteiger partial charge in [-0.25, -0.2) is 0 Å². The minimum absolute atomic E-state index is 0.0819. The summed E-state index contributed by atoms with van der Waals surface area (Å²) in [5.41, 5.74) is 0.712. The van der Waals surface area contributed by atoms with Gasteiger partial charge in [0.05, 0.1) is 17.1 Å². The predicted octanol–water partition coefficient (Wildman–Crippen LogP) is 1.71. The van der Waals surface area contributed by atoms with Crippen molar-refractivity contribution in [2.24, 2.45) is 5.92 Å².